The Kier molecular flexibility index (Phi) is 4.79. The number of pyridine rings is 1. The van der Waals surface area contributed by atoms with Crippen LogP contribution in [0.15, 0.2) is 51.8 Å². The molecule has 1 amide bonds. The minimum Gasteiger partial charge on any atom is -0.441 e. The molecule has 0 fully saturated rings. The van der Waals surface area contributed by atoms with Crippen molar-refractivity contribution in [1.29, 1.82) is 0 Å². The molecule has 0 atom stereocenters. The molecule has 3 aromatic rings. The van der Waals surface area contributed by atoms with Crippen LogP contribution in [0.5, 0.6) is 0 Å². The lowest BCUT2D eigenvalue weighted by atomic mass is 10.1. The molecule has 0 aliphatic carbocycles. The zero-order chi connectivity index (χ0) is 17.8. The predicted octanol–water partition coefficient (Wildman–Crippen LogP) is 2.62. The highest BCUT2D eigenvalue weighted by Crippen LogP contribution is 2.21. The second-order valence-corrected chi connectivity index (χ2v) is 5.79. The first-order chi connectivity index (χ1) is 12.0. The summed E-state index contributed by atoms with van der Waals surface area (Å²) < 4.78 is 5.71. The molecule has 1 aromatic carbocycles. The van der Waals surface area contributed by atoms with E-state index in [1.807, 2.05) is 37.3 Å². The van der Waals surface area contributed by atoms with Crippen LogP contribution in [0.2, 0.25) is 0 Å². The Bertz CT molecular complexity index is 942. The quantitative estimate of drug-likeness (QED) is 0.749. The van der Waals surface area contributed by atoms with Crippen molar-refractivity contribution in [2.45, 2.75) is 20.3 Å². The number of oxazole rings is 1. The summed E-state index contributed by atoms with van der Waals surface area (Å²) in [5.41, 5.74) is 2.62. The van der Waals surface area contributed by atoms with E-state index < -0.39 is 0 Å². The van der Waals surface area contributed by atoms with Crippen LogP contribution in [0, 0.1) is 13.8 Å². The van der Waals surface area contributed by atoms with Gasteiger partial charge in [0.05, 0.1) is 11.3 Å². The first-order valence-electron chi connectivity index (χ1n) is 8.04. The number of nitrogens with one attached hydrogen (secondary N) is 2. The van der Waals surface area contributed by atoms with Gasteiger partial charge in [0, 0.05) is 30.8 Å². The number of H-pyrrole nitrogens is 1. The number of rotatable bonds is 5. The summed E-state index contributed by atoms with van der Waals surface area (Å²) in [6, 6.07) is 11.1. The van der Waals surface area contributed by atoms with Crippen molar-refractivity contribution in [2.75, 3.05) is 6.54 Å². The van der Waals surface area contributed by atoms with Gasteiger partial charge < -0.3 is 14.7 Å². The standard InChI is InChI=1S/C19H19N3O3/c1-12-10-17(23)21-11-15(12)18(24)20-9-8-16-13(2)25-19(22-16)14-6-4-3-5-7-14/h3-7,10-11H,8-9H2,1-2H3,(H,20,24)(H,21,23). The third-order valence-corrected chi connectivity index (χ3v) is 3.94. The summed E-state index contributed by atoms with van der Waals surface area (Å²) >= 11 is 0. The maximum atomic E-state index is 12.2. The zero-order valence-corrected chi connectivity index (χ0v) is 14.1. The molecule has 2 N–H and O–H groups in total. The third-order valence-electron chi connectivity index (χ3n) is 3.94. The Balaban J connectivity index is 1.63. The fourth-order valence-electron chi connectivity index (χ4n) is 2.57. The van der Waals surface area contributed by atoms with Crippen molar-refractivity contribution in [3.8, 4) is 11.5 Å². The normalized spacial score (nSPS) is 10.6. The SMILES string of the molecule is Cc1cc(=O)[nH]cc1C(=O)NCCc1nc(-c2ccccc2)oc1C. The number of carbonyl (C=O) groups excluding carboxylic acids is 1. The summed E-state index contributed by atoms with van der Waals surface area (Å²) in [5.74, 6) is 1.10. The van der Waals surface area contributed by atoms with Crippen molar-refractivity contribution in [1.82, 2.24) is 15.3 Å². The van der Waals surface area contributed by atoms with E-state index >= 15 is 0 Å². The number of hydrogen-bond acceptors (Lipinski definition) is 4. The summed E-state index contributed by atoms with van der Waals surface area (Å²) in [5, 5.41) is 2.84. The molecule has 0 aliphatic rings. The highest BCUT2D eigenvalue weighted by Gasteiger charge is 2.13. The highest BCUT2D eigenvalue weighted by molar-refractivity contribution is 5.95. The fraction of sp³-hybridized carbons (Fsp3) is 0.211. The van der Waals surface area contributed by atoms with Gasteiger partial charge in [0.1, 0.15) is 5.76 Å². The first-order valence-corrected chi connectivity index (χ1v) is 8.04. The molecule has 2 aromatic heterocycles. The second-order valence-electron chi connectivity index (χ2n) is 5.79. The first kappa shape index (κ1) is 16.7. The largest absolute Gasteiger partial charge is 0.441 e. The zero-order valence-electron chi connectivity index (χ0n) is 14.1. The minimum atomic E-state index is -0.224. The van der Waals surface area contributed by atoms with Gasteiger partial charge in [-0.25, -0.2) is 4.98 Å². The molecule has 6 heteroatoms. The van der Waals surface area contributed by atoms with Crippen LogP contribution in [-0.4, -0.2) is 22.4 Å². The molecule has 0 aliphatic heterocycles. The van der Waals surface area contributed by atoms with Gasteiger partial charge in [-0.1, -0.05) is 18.2 Å². The molecular formula is C19H19N3O3. The van der Waals surface area contributed by atoms with Gasteiger partial charge in [-0.15, -0.1) is 0 Å². The van der Waals surface area contributed by atoms with Crippen molar-refractivity contribution >= 4 is 5.91 Å². The van der Waals surface area contributed by atoms with E-state index in [0.29, 0.717) is 30.0 Å². The van der Waals surface area contributed by atoms with Crippen molar-refractivity contribution in [2.24, 2.45) is 0 Å². The van der Waals surface area contributed by atoms with Gasteiger partial charge >= 0.3 is 0 Å². The summed E-state index contributed by atoms with van der Waals surface area (Å²) in [6.07, 6.45) is 2.00. The molecule has 0 radical (unpaired) electrons. The van der Waals surface area contributed by atoms with E-state index in [1.54, 1.807) is 6.92 Å². The van der Waals surface area contributed by atoms with Crippen LogP contribution in [0.3, 0.4) is 0 Å². The Labute approximate surface area is 144 Å². The van der Waals surface area contributed by atoms with E-state index in [-0.39, 0.29) is 11.5 Å². The molecule has 2 heterocycles. The lowest BCUT2D eigenvalue weighted by Gasteiger charge is -2.06. The number of carbonyl (C=O) groups is 1. The van der Waals surface area contributed by atoms with E-state index in [0.717, 1.165) is 17.0 Å². The molecule has 0 saturated carbocycles. The third kappa shape index (κ3) is 3.85. The lowest BCUT2D eigenvalue weighted by Crippen LogP contribution is -2.27. The second kappa shape index (κ2) is 7.17. The number of benzene rings is 1. The van der Waals surface area contributed by atoms with E-state index in [4.69, 9.17) is 4.42 Å². The Morgan fingerprint density at radius 1 is 1.24 bits per heavy atom. The number of hydrogen-bond donors (Lipinski definition) is 2. The van der Waals surface area contributed by atoms with Gasteiger partial charge in [-0.3, -0.25) is 9.59 Å². The molecule has 0 saturated heterocycles. The topological polar surface area (TPSA) is 88.0 Å². The average molecular weight is 337 g/mol. The van der Waals surface area contributed by atoms with Crippen LogP contribution in [0.4, 0.5) is 0 Å². The maximum absolute atomic E-state index is 12.2. The average Bonchev–Trinajstić information content (AvgIpc) is 2.96. The number of aromatic nitrogens is 2. The molecule has 0 spiro atoms. The minimum absolute atomic E-state index is 0.222. The number of nitrogens with zero attached hydrogens (tertiary/aromatic N) is 1. The van der Waals surface area contributed by atoms with Gasteiger partial charge in [0.2, 0.25) is 11.4 Å². The van der Waals surface area contributed by atoms with Crippen molar-refractivity contribution < 1.29 is 9.21 Å². The van der Waals surface area contributed by atoms with Crippen LogP contribution in [-0.2, 0) is 6.42 Å². The molecule has 0 unspecified atom stereocenters. The Morgan fingerprint density at radius 2 is 2.00 bits per heavy atom. The van der Waals surface area contributed by atoms with Gasteiger partial charge in [0.15, 0.2) is 0 Å². The van der Waals surface area contributed by atoms with Crippen molar-refractivity contribution in [3.63, 3.8) is 0 Å². The Morgan fingerprint density at radius 3 is 2.72 bits per heavy atom. The van der Waals surface area contributed by atoms with E-state index in [9.17, 15) is 9.59 Å². The molecule has 3 rings (SSSR count). The summed E-state index contributed by atoms with van der Waals surface area (Å²) in [4.78, 5) is 30.4. The molecular weight excluding hydrogens is 318 g/mol. The molecule has 25 heavy (non-hydrogen) atoms. The van der Waals surface area contributed by atoms with E-state index in [2.05, 4.69) is 15.3 Å². The number of amides is 1. The molecule has 0 bridgehead atoms. The van der Waals surface area contributed by atoms with Crippen LogP contribution >= 0.6 is 0 Å². The Hall–Kier alpha value is -3.15. The monoisotopic (exact) mass is 337 g/mol. The molecule has 128 valence electrons. The van der Waals surface area contributed by atoms with Crippen LogP contribution < -0.4 is 10.9 Å². The smallest absolute Gasteiger partial charge is 0.253 e. The maximum Gasteiger partial charge on any atom is 0.253 e. The van der Waals surface area contributed by atoms with E-state index in [1.165, 1.54) is 12.3 Å². The number of aromatic amines is 1. The molecule has 6 nitrogen and oxygen atoms in total. The fourth-order valence-corrected chi connectivity index (χ4v) is 2.57. The van der Waals surface area contributed by atoms with Crippen molar-refractivity contribution in [3.05, 3.63) is 75.5 Å². The summed E-state index contributed by atoms with van der Waals surface area (Å²) in [6.45, 7) is 4.03. The van der Waals surface area contributed by atoms with Gasteiger partial charge in [-0.05, 0) is 31.5 Å². The summed E-state index contributed by atoms with van der Waals surface area (Å²) in [7, 11) is 0. The van der Waals surface area contributed by atoms with Crippen LogP contribution in [0.25, 0.3) is 11.5 Å². The van der Waals surface area contributed by atoms with Crippen LogP contribution in [0.1, 0.15) is 27.4 Å². The van der Waals surface area contributed by atoms with Gasteiger partial charge in [0.25, 0.3) is 5.91 Å². The predicted molar refractivity (Wildman–Crippen MR) is 94.5 cm³/mol. The number of aryl methyl sites for hydroxylation is 2. The highest BCUT2D eigenvalue weighted by atomic mass is 16.4. The van der Waals surface area contributed by atoms with Gasteiger partial charge in [-0.2, -0.15) is 0 Å². The lowest BCUT2D eigenvalue weighted by molar-refractivity contribution is 0.0953.